The fourth-order valence-electron chi connectivity index (χ4n) is 2.29. The fourth-order valence-corrected chi connectivity index (χ4v) is 2.46. The molecule has 20 heavy (non-hydrogen) atoms. The average molecular weight is 290 g/mol. The smallest absolute Gasteiger partial charge is 0.125 e. The maximum absolute atomic E-state index is 6.04. The van der Waals surface area contributed by atoms with Crippen molar-refractivity contribution in [2.45, 2.75) is 19.9 Å². The van der Waals surface area contributed by atoms with Crippen molar-refractivity contribution in [2.75, 3.05) is 13.7 Å². The predicted molar refractivity (Wildman–Crippen MR) is 84.7 cm³/mol. The third-order valence-electron chi connectivity index (χ3n) is 3.33. The van der Waals surface area contributed by atoms with Crippen LogP contribution in [-0.2, 0) is 0 Å². The molecule has 0 aliphatic rings. The first-order valence-corrected chi connectivity index (χ1v) is 7.17. The van der Waals surface area contributed by atoms with Crippen LogP contribution in [0.15, 0.2) is 42.5 Å². The fraction of sp³-hybridized carbons (Fsp3) is 0.294. The van der Waals surface area contributed by atoms with Gasteiger partial charge in [-0.1, -0.05) is 54.4 Å². The minimum Gasteiger partial charge on any atom is -0.496 e. The largest absolute Gasteiger partial charge is 0.496 e. The molecule has 1 N–H and O–H groups in total. The van der Waals surface area contributed by atoms with E-state index in [1.807, 2.05) is 18.2 Å². The molecule has 1 unspecified atom stereocenters. The van der Waals surface area contributed by atoms with Gasteiger partial charge in [0.2, 0.25) is 0 Å². The second-order valence-corrected chi connectivity index (χ2v) is 5.22. The Kier molecular flexibility index (Phi) is 5.05. The van der Waals surface area contributed by atoms with E-state index >= 15 is 0 Å². The molecule has 2 aromatic carbocycles. The molecule has 0 radical (unpaired) electrons. The summed E-state index contributed by atoms with van der Waals surface area (Å²) in [5, 5.41) is 4.19. The Morgan fingerprint density at radius 3 is 2.45 bits per heavy atom. The summed E-state index contributed by atoms with van der Waals surface area (Å²) in [5.74, 6) is 0.809. The van der Waals surface area contributed by atoms with Crippen LogP contribution in [0.25, 0.3) is 0 Å². The van der Waals surface area contributed by atoms with Gasteiger partial charge in [-0.05, 0) is 31.2 Å². The summed E-state index contributed by atoms with van der Waals surface area (Å²) in [7, 11) is 1.67. The molecule has 0 fully saturated rings. The molecule has 0 heterocycles. The maximum atomic E-state index is 6.04. The second-order valence-electron chi connectivity index (χ2n) is 4.79. The highest BCUT2D eigenvalue weighted by atomic mass is 35.5. The van der Waals surface area contributed by atoms with Crippen LogP contribution < -0.4 is 10.1 Å². The highest BCUT2D eigenvalue weighted by Crippen LogP contribution is 2.32. The van der Waals surface area contributed by atoms with Crippen molar-refractivity contribution >= 4 is 11.6 Å². The molecule has 1 atom stereocenters. The zero-order chi connectivity index (χ0) is 14.5. The van der Waals surface area contributed by atoms with Crippen LogP contribution in [-0.4, -0.2) is 13.7 Å². The summed E-state index contributed by atoms with van der Waals surface area (Å²) in [4.78, 5) is 0. The van der Waals surface area contributed by atoms with E-state index < -0.39 is 0 Å². The van der Waals surface area contributed by atoms with Crippen molar-refractivity contribution in [1.82, 2.24) is 5.32 Å². The van der Waals surface area contributed by atoms with Gasteiger partial charge in [-0.2, -0.15) is 0 Å². The Morgan fingerprint density at radius 2 is 1.85 bits per heavy atom. The van der Waals surface area contributed by atoms with Crippen LogP contribution in [0.5, 0.6) is 5.75 Å². The molecule has 0 aliphatic carbocycles. The van der Waals surface area contributed by atoms with E-state index in [1.165, 1.54) is 11.1 Å². The third kappa shape index (κ3) is 3.33. The number of nitrogens with one attached hydrogen (secondary N) is 1. The normalized spacial score (nSPS) is 12.2. The van der Waals surface area contributed by atoms with Gasteiger partial charge in [-0.25, -0.2) is 0 Å². The molecule has 0 aliphatic heterocycles. The Morgan fingerprint density at radius 1 is 1.15 bits per heavy atom. The van der Waals surface area contributed by atoms with E-state index in [2.05, 4.69) is 43.4 Å². The quantitative estimate of drug-likeness (QED) is 0.883. The molecule has 0 amide bonds. The molecular formula is C17H20ClNO. The van der Waals surface area contributed by atoms with E-state index in [4.69, 9.17) is 16.3 Å². The molecule has 106 valence electrons. The second kappa shape index (κ2) is 6.78. The Bertz CT molecular complexity index is 566. The molecule has 0 saturated carbocycles. The lowest BCUT2D eigenvalue weighted by atomic mass is 9.97. The van der Waals surface area contributed by atoms with Crippen LogP contribution in [0.2, 0.25) is 5.02 Å². The highest BCUT2D eigenvalue weighted by molar-refractivity contribution is 6.30. The SMILES string of the molecule is CCNC(c1ccc(C)cc1)c1ccc(Cl)cc1OC. The molecule has 2 aromatic rings. The first kappa shape index (κ1) is 14.9. The third-order valence-corrected chi connectivity index (χ3v) is 3.56. The van der Waals surface area contributed by atoms with Gasteiger partial charge >= 0.3 is 0 Å². The van der Waals surface area contributed by atoms with Crippen molar-refractivity contribution in [2.24, 2.45) is 0 Å². The summed E-state index contributed by atoms with van der Waals surface area (Å²) < 4.78 is 5.47. The molecule has 0 saturated heterocycles. The molecule has 3 heteroatoms. The lowest BCUT2D eigenvalue weighted by Crippen LogP contribution is -2.22. The number of benzene rings is 2. The van der Waals surface area contributed by atoms with E-state index in [-0.39, 0.29) is 6.04 Å². The Labute approximate surface area is 125 Å². The lowest BCUT2D eigenvalue weighted by Gasteiger charge is -2.21. The van der Waals surface area contributed by atoms with Crippen molar-refractivity contribution in [3.05, 3.63) is 64.2 Å². The number of methoxy groups -OCH3 is 1. The maximum Gasteiger partial charge on any atom is 0.125 e. The van der Waals surface area contributed by atoms with Crippen LogP contribution in [0, 0.1) is 6.92 Å². The number of rotatable bonds is 5. The standard InChI is InChI=1S/C17H20ClNO/c1-4-19-17(13-7-5-12(2)6-8-13)15-10-9-14(18)11-16(15)20-3/h5-11,17,19H,4H2,1-3H3. The van der Waals surface area contributed by atoms with Gasteiger partial charge < -0.3 is 10.1 Å². The van der Waals surface area contributed by atoms with Crippen LogP contribution in [0.1, 0.15) is 29.7 Å². The molecule has 0 spiro atoms. The summed E-state index contributed by atoms with van der Waals surface area (Å²) in [6.07, 6.45) is 0. The van der Waals surface area contributed by atoms with Gasteiger partial charge in [-0.15, -0.1) is 0 Å². The van der Waals surface area contributed by atoms with Crippen LogP contribution >= 0.6 is 11.6 Å². The van der Waals surface area contributed by atoms with E-state index in [1.54, 1.807) is 7.11 Å². The highest BCUT2D eigenvalue weighted by Gasteiger charge is 2.17. The Balaban J connectivity index is 2.45. The number of halogens is 1. The first-order chi connectivity index (χ1) is 9.65. The lowest BCUT2D eigenvalue weighted by molar-refractivity contribution is 0.404. The predicted octanol–water partition coefficient (Wildman–Crippen LogP) is 4.36. The average Bonchev–Trinajstić information content (AvgIpc) is 2.46. The molecule has 2 nitrogen and oxygen atoms in total. The van der Waals surface area contributed by atoms with Gasteiger partial charge in [0.05, 0.1) is 13.2 Å². The van der Waals surface area contributed by atoms with Gasteiger partial charge in [0, 0.05) is 10.6 Å². The van der Waals surface area contributed by atoms with Gasteiger partial charge in [-0.3, -0.25) is 0 Å². The number of ether oxygens (including phenoxy) is 1. The van der Waals surface area contributed by atoms with Crippen LogP contribution in [0.4, 0.5) is 0 Å². The zero-order valence-corrected chi connectivity index (χ0v) is 12.9. The minimum atomic E-state index is 0.104. The van der Waals surface area contributed by atoms with E-state index in [0.717, 1.165) is 17.9 Å². The first-order valence-electron chi connectivity index (χ1n) is 6.79. The van der Waals surface area contributed by atoms with Gasteiger partial charge in [0.15, 0.2) is 0 Å². The van der Waals surface area contributed by atoms with Crippen molar-refractivity contribution < 1.29 is 4.74 Å². The number of hydrogen-bond acceptors (Lipinski definition) is 2. The van der Waals surface area contributed by atoms with Crippen molar-refractivity contribution in [3.8, 4) is 5.75 Å². The van der Waals surface area contributed by atoms with Gasteiger partial charge in [0.1, 0.15) is 5.75 Å². The number of hydrogen-bond donors (Lipinski definition) is 1. The molecule has 2 rings (SSSR count). The number of aryl methyl sites for hydroxylation is 1. The molecule has 0 aromatic heterocycles. The van der Waals surface area contributed by atoms with E-state index in [0.29, 0.717) is 5.02 Å². The van der Waals surface area contributed by atoms with E-state index in [9.17, 15) is 0 Å². The molecule has 0 bridgehead atoms. The Hall–Kier alpha value is -1.51. The summed E-state index contributed by atoms with van der Waals surface area (Å²) in [6, 6.07) is 14.4. The van der Waals surface area contributed by atoms with Crippen molar-refractivity contribution in [1.29, 1.82) is 0 Å². The van der Waals surface area contributed by atoms with Crippen molar-refractivity contribution in [3.63, 3.8) is 0 Å². The van der Waals surface area contributed by atoms with Crippen LogP contribution in [0.3, 0.4) is 0 Å². The molecular weight excluding hydrogens is 270 g/mol. The minimum absolute atomic E-state index is 0.104. The summed E-state index contributed by atoms with van der Waals surface area (Å²) >= 11 is 6.04. The van der Waals surface area contributed by atoms with Gasteiger partial charge in [0.25, 0.3) is 0 Å². The summed E-state index contributed by atoms with van der Waals surface area (Å²) in [5.41, 5.74) is 3.58. The summed E-state index contributed by atoms with van der Waals surface area (Å²) in [6.45, 7) is 5.07. The zero-order valence-electron chi connectivity index (χ0n) is 12.1. The monoisotopic (exact) mass is 289 g/mol. The topological polar surface area (TPSA) is 21.3 Å².